The Labute approximate surface area is 190 Å². The van der Waals surface area contributed by atoms with Crippen LogP contribution >= 0.6 is 0 Å². The Kier molecular flexibility index (Phi) is 4.67. The highest BCUT2D eigenvalue weighted by Gasteiger charge is 2.85. The zero-order chi connectivity index (χ0) is 24.3. The van der Waals surface area contributed by atoms with Gasteiger partial charge in [-0.05, 0) is 74.5 Å². The number of Topliss-reactive ketones (excluding diaryl/α,β-unsaturated/α-hetero) is 2. The molecule has 2 N–H and O–H groups in total. The molecule has 0 aromatic rings. The number of carbonyl (C=O) groups is 3. The van der Waals surface area contributed by atoms with E-state index in [9.17, 15) is 24.6 Å². The lowest BCUT2D eigenvalue weighted by Crippen LogP contribution is -2.69. The zero-order valence-electron chi connectivity index (χ0n) is 20.7. The van der Waals surface area contributed by atoms with Gasteiger partial charge in [0.2, 0.25) is 0 Å². The summed E-state index contributed by atoms with van der Waals surface area (Å²) in [7, 11) is 1.25. The highest BCUT2D eigenvalue weighted by molar-refractivity contribution is 6.30. The second-order valence-corrected chi connectivity index (χ2v) is 12.3. The Morgan fingerprint density at radius 3 is 2.19 bits per heavy atom. The molecule has 4 aliphatic carbocycles. The number of ketones is 2. The maximum atomic E-state index is 14.0. The maximum absolute atomic E-state index is 14.0. The molecule has 4 rings (SSSR count). The quantitative estimate of drug-likeness (QED) is 0.364. The third-order valence-corrected chi connectivity index (χ3v) is 10.8. The van der Waals surface area contributed by atoms with Crippen molar-refractivity contribution in [1.29, 1.82) is 0 Å². The van der Waals surface area contributed by atoms with Crippen molar-refractivity contribution in [2.45, 2.75) is 85.9 Å². The van der Waals surface area contributed by atoms with Gasteiger partial charge in [-0.15, -0.1) is 0 Å². The lowest BCUT2D eigenvalue weighted by atomic mass is 9.34. The molecule has 8 atom stereocenters. The molecule has 3 fully saturated rings. The normalized spacial score (nSPS) is 51.9. The molecule has 0 amide bonds. The highest BCUT2D eigenvalue weighted by atomic mass is 16.5. The second-order valence-electron chi connectivity index (χ2n) is 12.3. The predicted molar refractivity (Wildman–Crippen MR) is 118 cm³/mol. The molecule has 0 saturated heterocycles. The van der Waals surface area contributed by atoms with Crippen LogP contribution in [0.3, 0.4) is 0 Å². The molecular formula is C26H38O6. The van der Waals surface area contributed by atoms with E-state index in [0.717, 1.165) is 12.8 Å². The monoisotopic (exact) mass is 446 g/mol. The van der Waals surface area contributed by atoms with Crippen LogP contribution in [0.15, 0.2) is 11.6 Å². The van der Waals surface area contributed by atoms with Crippen molar-refractivity contribution in [3.8, 4) is 0 Å². The van der Waals surface area contributed by atoms with Crippen LogP contribution in [0.2, 0.25) is 0 Å². The molecule has 4 aliphatic rings. The van der Waals surface area contributed by atoms with E-state index in [4.69, 9.17) is 4.74 Å². The standard InChI is InChI=1S/C26H38O6/c1-14-13-16-22(4)11-10-17(27)21(2,3)15(22)9-12-23(16,5)26(20(30)32-8)19(29)25(7,31)18(28)24(14,26)6/h13,15-17,27,31H,9-12H2,1-8H3/t15-,16-,17-,22-,23-,24-,25+,26-/m0/s1. The van der Waals surface area contributed by atoms with Gasteiger partial charge in [-0.25, -0.2) is 0 Å². The maximum Gasteiger partial charge on any atom is 0.321 e. The van der Waals surface area contributed by atoms with Gasteiger partial charge in [0.05, 0.1) is 18.6 Å². The van der Waals surface area contributed by atoms with Crippen LogP contribution in [0.1, 0.15) is 74.1 Å². The third-order valence-electron chi connectivity index (χ3n) is 10.8. The van der Waals surface area contributed by atoms with Gasteiger partial charge in [0, 0.05) is 0 Å². The van der Waals surface area contributed by atoms with Crippen molar-refractivity contribution in [3.63, 3.8) is 0 Å². The van der Waals surface area contributed by atoms with Gasteiger partial charge in [0.25, 0.3) is 0 Å². The first-order valence-electron chi connectivity index (χ1n) is 11.8. The van der Waals surface area contributed by atoms with Crippen LogP contribution in [0.25, 0.3) is 0 Å². The van der Waals surface area contributed by atoms with Crippen molar-refractivity contribution in [2.24, 2.45) is 38.9 Å². The van der Waals surface area contributed by atoms with E-state index >= 15 is 0 Å². The number of allylic oxidation sites excluding steroid dienone is 2. The van der Waals surface area contributed by atoms with E-state index in [2.05, 4.69) is 26.8 Å². The summed E-state index contributed by atoms with van der Waals surface area (Å²) in [6.07, 6.45) is 4.35. The summed E-state index contributed by atoms with van der Waals surface area (Å²) in [5.41, 5.74) is -6.38. The number of fused-ring (bicyclic) bond motifs is 5. The van der Waals surface area contributed by atoms with E-state index in [0.29, 0.717) is 18.4 Å². The van der Waals surface area contributed by atoms with Crippen LogP contribution < -0.4 is 0 Å². The highest BCUT2D eigenvalue weighted by Crippen LogP contribution is 2.76. The number of aliphatic hydroxyl groups is 2. The molecule has 3 saturated carbocycles. The third kappa shape index (κ3) is 2.13. The number of rotatable bonds is 1. The number of ether oxygens (including phenoxy) is 1. The lowest BCUT2D eigenvalue weighted by Gasteiger charge is -2.68. The number of aliphatic hydroxyl groups excluding tert-OH is 1. The van der Waals surface area contributed by atoms with Gasteiger partial charge in [0.1, 0.15) is 0 Å². The molecule has 0 aromatic heterocycles. The van der Waals surface area contributed by atoms with Gasteiger partial charge < -0.3 is 14.9 Å². The van der Waals surface area contributed by atoms with E-state index in [1.807, 2.05) is 6.92 Å². The van der Waals surface area contributed by atoms with Crippen LogP contribution in [-0.4, -0.2) is 46.6 Å². The molecule has 178 valence electrons. The van der Waals surface area contributed by atoms with Crippen molar-refractivity contribution in [3.05, 3.63) is 11.6 Å². The smallest absolute Gasteiger partial charge is 0.321 e. The summed E-state index contributed by atoms with van der Waals surface area (Å²) in [6.45, 7) is 13.0. The van der Waals surface area contributed by atoms with Gasteiger partial charge in [-0.3, -0.25) is 14.4 Å². The SMILES string of the molecule is COC(=O)[C@]12C(=O)[C@](C)(O)C(=O)[C@]1(C)C(C)=C[C@H]1[C@@]3(C)CC[C@H](O)C(C)(C)[C@@H]3CC[C@@]12C. The van der Waals surface area contributed by atoms with E-state index in [-0.39, 0.29) is 22.7 Å². The number of esters is 1. The average molecular weight is 447 g/mol. The molecule has 32 heavy (non-hydrogen) atoms. The van der Waals surface area contributed by atoms with Crippen LogP contribution in [0.5, 0.6) is 0 Å². The predicted octanol–water partition coefficient (Wildman–Crippen LogP) is 3.23. The molecule has 0 aromatic carbocycles. The summed E-state index contributed by atoms with van der Waals surface area (Å²) in [5.74, 6) is -2.08. The van der Waals surface area contributed by atoms with Crippen molar-refractivity contribution in [1.82, 2.24) is 0 Å². The average Bonchev–Trinajstić information content (AvgIpc) is 2.84. The fourth-order valence-electron chi connectivity index (χ4n) is 9.03. The lowest BCUT2D eigenvalue weighted by molar-refractivity contribution is -0.214. The van der Waals surface area contributed by atoms with Crippen molar-refractivity contribution < 1.29 is 29.3 Å². The molecular weight excluding hydrogens is 408 g/mol. The zero-order valence-corrected chi connectivity index (χ0v) is 20.7. The number of carbonyl (C=O) groups excluding carboxylic acids is 3. The van der Waals surface area contributed by atoms with Crippen molar-refractivity contribution in [2.75, 3.05) is 7.11 Å². The Morgan fingerprint density at radius 1 is 1.03 bits per heavy atom. The molecule has 0 spiro atoms. The van der Waals surface area contributed by atoms with Crippen molar-refractivity contribution >= 4 is 17.5 Å². The Balaban J connectivity index is 2.05. The summed E-state index contributed by atoms with van der Waals surface area (Å²) < 4.78 is 5.27. The number of hydrogen-bond acceptors (Lipinski definition) is 6. The molecule has 0 aliphatic heterocycles. The number of hydrogen-bond donors (Lipinski definition) is 2. The second kappa shape index (κ2) is 6.32. The van der Waals surface area contributed by atoms with Crippen LogP contribution in [0.4, 0.5) is 0 Å². The Bertz CT molecular complexity index is 946. The first kappa shape index (κ1) is 23.6. The minimum absolute atomic E-state index is 0.182. The van der Waals surface area contributed by atoms with E-state index in [1.54, 1.807) is 13.8 Å². The topological polar surface area (TPSA) is 101 Å². The van der Waals surface area contributed by atoms with E-state index in [1.165, 1.54) is 14.0 Å². The Hall–Kier alpha value is -1.53. The molecule has 0 bridgehead atoms. The largest absolute Gasteiger partial charge is 0.468 e. The summed E-state index contributed by atoms with van der Waals surface area (Å²) >= 11 is 0. The van der Waals surface area contributed by atoms with Gasteiger partial charge in [0.15, 0.2) is 22.6 Å². The molecule has 0 unspecified atom stereocenters. The molecule has 6 heteroatoms. The van der Waals surface area contributed by atoms with Crippen LogP contribution in [-0.2, 0) is 19.1 Å². The first-order valence-corrected chi connectivity index (χ1v) is 11.8. The van der Waals surface area contributed by atoms with Gasteiger partial charge in [-0.1, -0.05) is 39.3 Å². The van der Waals surface area contributed by atoms with Gasteiger partial charge >= 0.3 is 5.97 Å². The molecule has 6 nitrogen and oxygen atoms in total. The van der Waals surface area contributed by atoms with Crippen LogP contribution in [0, 0.1) is 38.9 Å². The fourth-order valence-corrected chi connectivity index (χ4v) is 9.03. The number of methoxy groups -OCH3 is 1. The summed E-state index contributed by atoms with van der Waals surface area (Å²) in [4.78, 5) is 41.3. The first-order chi connectivity index (χ1) is 14.5. The Morgan fingerprint density at radius 2 is 1.62 bits per heavy atom. The summed E-state index contributed by atoms with van der Waals surface area (Å²) in [5, 5.41) is 21.9. The van der Waals surface area contributed by atoms with Gasteiger partial charge in [-0.2, -0.15) is 0 Å². The minimum atomic E-state index is -2.25. The minimum Gasteiger partial charge on any atom is -0.468 e. The molecule has 0 heterocycles. The summed E-state index contributed by atoms with van der Waals surface area (Å²) in [6, 6.07) is 0. The molecule has 0 radical (unpaired) electrons. The van der Waals surface area contributed by atoms with E-state index < -0.39 is 45.5 Å². The fraction of sp³-hybridized carbons (Fsp3) is 0.808.